The van der Waals surface area contributed by atoms with Crippen LogP contribution < -0.4 is 0 Å². The van der Waals surface area contributed by atoms with Crippen LogP contribution in [0.5, 0.6) is 0 Å². The van der Waals surface area contributed by atoms with Gasteiger partial charge >= 0.3 is 5.97 Å². The van der Waals surface area contributed by atoms with Crippen molar-refractivity contribution in [2.45, 2.75) is 12.5 Å². The van der Waals surface area contributed by atoms with E-state index < -0.39 is 12.1 Å². The Bertz CT molecular complexity index is 188. The molecule has 3 nitrogen and oxygen atoms in total. The highest BCUT2D eigenvalue weighted by Crippen LogP contribution is 2.28. The average molecular weight is 174 g/mol. The SMILES string of the molecule is CO[C@@H](C(=O)O)C1=CCCS1. The third kappa shape index (κ3) is 1.97. The number of hydrogen-bond acceptors (Lipinski definition) is 3. The Labute approximate surface area is 69.4 Å². The minimum atomic E-state index is -0.909. The van der Waals surface area contributed by atoms with Gasteiger partial charge in [0, 0.05) is 17.8 Å². The van der Waals surface area contributed by atoms with Crippen molar-refractivity contribution in [2.24, 2.45) is 0 Å². The van der Waals surface area contributed by atoms with Crippen LogP contribution in [-0.2, 0) is 9.53 Å². The molecule has 11 heavy (non-hydrogen) atoms. The van der Waals surface area contributed by atoms with E-state index in [-0.39, 0.29) is 0 Å². The molecule has 0 fully saturated rings. The Balaban J connectivity index is 2.61. The van der Waals surface area contributed by atoms with Crippen LogP contribution in [0.15, 0.2) is 11.0 Å². The maximum absolute atomic E-state index is 10.5. The highest BCUT2D eigenvalue weighted by molar-refractivity contribution is 8.03. The number of carbonyl (C=O) groups is 1. The molecule has 1 aliphatic heterocycles. The van der Waals surface area contributed by atoms with Crippen molar-refractivity contribution in [1.82, 2.24) is 0 Å². The van der Waals surface area contributed by atoms with E-state index in [1.165, 1.54) is 7.11 Å². The first-order chi connectivity index (χ1) is 5.25. The van der Waals surface area contributed by atoms with Crippen molar-refractivity contribution in [3.05, 3.63) is 11.0 Å². The van der Waals surface area contributed by atoms with Gasteiger partial charge in [-0.25, -0.2) is 4.79 Å². The van der Waals surface area contributed by atoms with Crippen molar-refractivity contribution in [3.8, 4) is 0 Å². The van der Waals surface area contributed by atoms with E-state index >= 15 is 0 Å². The minimum Gasteiger partial charge on any atom is -0.479 e. The molecule has 0 spiro atoms. The summed E-state index contributed by atoms with van der Waals surface area (Å²) in [4.78, 5) is 11.4. The van der Waals surface area contributed by atoms with Gasteiger partial charge in [0.1, 0.15) is 0 Å². The largest absolute Gasteiger partial charge is 0.479 e. The van der Waals surface area contributed by atoms with Crippen molar-refractivity contribution in [1.29, 1.82) is 0 Å². The summed E-state index contributed by atoms with van der Waals surface area (Å²) in [6, 6.07) is 0. The molecule has 0 bridgehead atoms. The summed E-state index contributed by atoms with van der Waals surface area (Å²) in [5.74, 6) is 0.0656. The molecular weight excluding hydrogens is 164 g/mol. The number of carboxylic acid groups (broad SMARTS) is 1. The molecule has 1 atom stereocenters. The third-order valence-electron chi connectivity index (χ3n) is 1.45. The number of rotatable bonds is 3. The maximum atomic E-state index is 10.5. The predicted octanol–water partition coefficient (Wildman–Crippen LogP) is 1.11. The fraction of sp³-hybridized carbons (Fsp3) is 0.571. The number of methoxy groups -OCH3 is 1. The molecule has 0 amide bonds. The van der Waals surface area contributed by atoms with Gasteiger partial charge in [0.2, 0.25) is 0 Å². The number of aliphatic carboxylic acids is 1. The number of thioether (sulfide) groups is 1. The second-order valence-corrected chi connectivity index (χ2v) is 3.37. The monoisotopic (exact) mass is 174 g/mol. The first kappa shape index (κ1) is 8.62. The molecule has 0 unspecified atom stereocenters. The predicted molar refractivity (Wildman–Crippen MR) is 43.6 cm³/mol. The Morgan fingerprint density at radius 1 is 1.91 bits per heavy atom. The molecule has 0 aliphatic carbocycles. The first-order valence-electron chi connectivity index (χ1n) is 3.34. The van der Waals surface area contributed by atoms with Crippen molar-refractivity contribution in [2.75, 3.05) is 12.9 Å². The fourth-order valence-corrected chi connectivity index (χ4v) is 2.01. The van der Waals surface area contributed by atoms with Gasteiger partial charge in [0.15, 0.2) is 6.10 Å². The molecular formula is C7H10O3S. The van der Waals surface area contributed by atoms with Crippen LogP contribution >= 0.6 is 11.8 Å². The Morgan fingerprint density at radius 2 is 2.64 bits per heavy atom. The van der Waals surface area contributed by atoms with Gasteiger partial charge in [-0.15, -0.1) is 11.8 Å². The normalized spacial score (nSPS) is 19.5. The van der Waals surface area contributed by atoms with E-state index in [0.717, 1.165) is 17.1 Å². The molecule has 4 heteroatoms. The second-order valence-electron chi connectivity index (χ2n) is 2.20. The molecule has 0 aromatic rings. The van der Waals surface area contributed by atoms with E-state index in [9.17, 15) is 4.79 Å². The zero-order valence-electron chi connectivity index (χ0n) is 6.24. The topological polar surface area (TPSA) is 46.5 Å². The Hall–Kier alpha value is -0.480. The molecule has 1 N–H and O–H groups in total. The van der Waals surface area contributed by atoms with E-state index in [2.05, 4.69) is 0 Å². The number of ether oxygens (including phenoxy) is 1. The smallest absolute Gasteiger partial charge is 0.338 e. The Kier molecular flexibility index (Phi) is 2.96. The fourth-order valence-electron chi connectivity index (χ4n) is 0.958. The highest BCUT2D eigenvalue weighted by atomic mass is 32.2. The summed E-state index contributed by atoms with van der Waals surface area (Å²) in [5.41, 5.74) is 0. The number of hydrogen-bond donors (Lipinski definition) is 1. The van der Waals surface area contributed by atoms with Crippen LogP contribution in [0.4, 0.5) is 0 Å². The van der Waals surface area contributed by atoms with Gasteiger partial charge in [0.25, 0.3) is 0 Å². The molecule has 0 saturated heterocycles. The van der Waals surface area contributed by atoms with Gasteiger partial charge in [0.05, 0.1) is 0 Å². The quantitative estimate of drug-likeness (QED) is 0.696. The van der Waals surface area contributed by atoms with Gasteiger partial charge in [-0.05, 0) is 6.42 Å². The van der Waals surface area contributed by atoms with Crippen LogP contribution in [-0.4, -0.2) is 30.0 Å². The number of carboxylic acids is 1. The lowest BCUT2D eigenvalue weighted by Gasteiger charge is -2.09. The van der Waals surface area contributed by atoms with Crippen LogP contribution in [0.2, 0.25) is 0 Å². The van der Waals surface area contributed by atoms with Crippen LogP contribution in [0.3, 0.4) is 0 Å². The average Bonchev–Trinajstić information content (AvgIpc) is 2.40. The zero-order chi connectivity index (χ0) is 8.27. The summed E-state index contributed by atoms with van der Waals surface area (Å²) in [7, 11) is 1.42. The molecule has 1 aliphatic rings. The van der Waals surface area contributed by atoms with E-state index in [1.807, 2.05) is 6.08 Å². The first-order valence-corrected chi connectivity index (χ1v) is 4.32. The van der Waals surface area contributed by atoms with Crippen LogP contribution in [0.1, 0.15) is 6.42 Å². The maximum Gasteiger partial charge on any atom is 0.338 e. The van der Waals surface area contributed by atoms with Gasteiger partial charge < -0.3 is 9.84 Å². The Morgan fingerprint density at radius 3 is 3.00 bits per heavy atom. The summed E-state index contributed by atoms with van der Waals surface area (Å²) < 4.78 is 4.81. The van der Waals surface area contributed by atoms with Gasteiger partial charge in [-0.2, -0.15) is 0 Å². The highest BCUT2D eigenvalue weighted by Gasteiger charge is 2.23. The zero-order valence-corrected chi connectivity index (χ0v) is 7.06. The summed E-state index contributed by atoms with van der Waals surface area (Å²) in [6.45, 7) is 0. The van der Waals surface area contributed by atoms with Crippen molar-refractivity contribution >= 4 is 17.7 Å². The van der Waals surface area contributed by atoms with Gasteiger partial charge in [-0.3, -0.25) is 0 Å². The lowest BCUT2D eigenvalue weighted by atomic mass is 10.3. The van der Waals surface area contributed by atoms with Crippen molar-refractivity contribution < 1.29 is 14.6 Å². The van der Waals surface area contributed by atoms with Crippen LogP contribution in [0.25, 0.3) is 0 Å². The molecule has 0 saturated carbocycles. The lowest BCUT2D eigenvalue weighted by molar-refractivity contribution is -0.145. The molecule has 0 radical (unpaired) electrons. The van der Waals surface area contributed by atoms with Crippen molar-refractivity contribution in [3.63, 3.8) is 0 Å². The molecule has 1 rings (SSSR count). The second kappa shape index (κ2) is 3.78. The molecule has 0 aromatic heterocycles. The van der Waals surface area contributed by atoms with E-state index in [1.54, 1.807) is 11.8 Å². The third-order valence-corrected chi connectivity index (χ3v) is 2.60. The van der Waals surface area contributed by atoms with Crippen LogP contribution in [0, 0.1) is 0 Å². The van der Waals surface area contributed by atoms with Gasteiger partial charge in [-0.1, -0.05) is 6.08 Å². The molecule has 0 aromatic carbocycles. The molecule has 62 valence electrons. The lowest BCUT2D eigenvalue weighted by Crippen LogP contribution is -2.22. The number of allylic oxidation sites excluding steroid dienone is 1. The summed E-state index contributed by atoms with van der Waals surface area (Å²) >= 11 is 1.56. The molecule has 1 heterocycles. The standard InChI is InChI=1S/C7H10O3S/c1-10-6(7(8)9)5-3-2-4-11-5/h3,6H,2,4H2,1H3,(H,8,9)/t6-/m1/s1. The van der Waals surface area contributed by atoms with E-state index in [4.69, 9.17) is 9.84 Å². The van der Waals surface area contributed by atoms with E-state index in [0.29, 0.717) is 0 Å². The summed E-state index contributed by atoms with van der Waals surface area (Å²) in [5, 5.41) is 8.65. The minimum absolute atomic E-state index is 0.748. The summed E-state index contributed by atoms with van der Waals surface area (Å²) in [6.07, 6.45) is 2.13.